The number of hydrogen-bond acceptors (Lipinski definition) is 7. The molecular formula is C6H10N2O2S3. The Labute approximate surface area is 88.8 Å². The summed E-state index contributed by atoms with van der Waals surface area (Å²) >= 11 is 4.48. The summed E-state index contributed by atoms with van der Waals surface area (Å²) in [5, 5.41) is 25.0. The number of aliphatic hydroxyl groups is 2. The van der Waals surface area contributed by atoms with Gasteiger partial charge in [0.1, 0.15) is 0 Å². The van der Waals surface area contributed by atoms with Gasteiger partial charge in [-0.05, 0) is 0 Å². The van der Waals surface area contributed by atoms with E-state index in [0.29, 0.717) is 11.5 Å². The largest absolute Gasteiger partial charge is 0.396 e. The van der Waals surface area contributed by atoms with E-state index in [1.807, 2.05) is 0 Å². The Hall–Kier alpha value is 0.180. The molecule has 0 aliphatic rings. The summed E-state index contributed by atoms with van der Waals surface area (Å²) in [4.78, 5) is 0. The number of aliphatic hydroxyl groups excluding tert-OH is 2. The Bertz CT molecular complexity index is 221. The van der Waals surface area contributed by atoms with Crippen LogP contribution in [0.2, 0.25) is 0 Å². The molecule has 0 atom stereocenters. The van der Waals surface area contributed by atoms with Crippen molar-refractivity contribution in [2.45, 2.75) is 8.68 Å². The number of thioether (sulfide) groups is 2. The van der Waals surface area contributed by atoms with Crippen molar-refractivity contribution in [3.8, 4) is 0 Å². The van der Waals surface area contributed by atoms with Gasteiger partial charge in [0, 0.05) is 11.5 Å². The Balaban J connectivity index is 2.34. The second-order valence-corrected chi connectivity index (χ2v) is 5.64. The van der Waals surface area contributed by atoms with Gasteiger partial charge in [0.2, 0.25) is 0 Å². The van der Waals surface area contributed by atoms with Crippen molar-refractivity contribution in [1.82, 2.24) is 10.2 Å². The Morgan fingerprint density at radius 3 is 1.85 bits per heavy atom. The van der Waals surface area contributed by atoms with Crippen molar-refractivity contribution in [2.24, 2.45) is 0 Å². The van der Waals surface area contributed by atoms with Crippen LogP contribution in [0, 0.1) is 0 Å². The molecule has 0 aliphatic carbocycles. The number of nitrogens with zero attached hydrogens (tertiary/aromatic N) is 2. The van der Waals surface area contributed by atoms with Gasteiger partial charge in [-0.3, -0.25) is 0 Å². The maximum Gasteiger partial charge on any atom is 0.175 e. The summed E-state index contributed by atoms with van der Waals surface area (Å²) in [7, 11) is 0. The average Bonchev–Trinajstić information content (AvgIpc) is 2.59. The highest BCUT2D eigenvalue weighted by atomic mass is 32.2. The van der Waals surface area contributed by atoms with Crippen molar-refractivity contribution < 1.29 is 10.2 Å². The van der Waals surface area contributed by atoms with Gasteiger partial charge < -0.3 is 10.2 Å². The maximum absolute atomic E-state index is 8.57. The molecule has 0 saturated carbocycles. The highest BCUT2D eigenvalue weighted by molar-refractivity contribution is 8.03. The molecule has 0 fully saturated rings. The van der Waals surface area contributed by atoms with Crippen LogP contribution in [0.5, 0.6) is 0 Å². The van der Waals surface area contributed by atoms with Crippen LogP contribution in [0.1, 0.15) is 0 Å². The molecular weight excluding hydrogens is 228 g/mol. The quantitative estimate of drug-likeness (QED) is 0.711. The van der Waals surface area contributed by atoms with Crippen molar-refractivity contribution in [1.29, 1.82) is 0 Å². The lowest BCUT2D eigenvalue weighted by Crippen LogP contribution is -1.84. The monoisotopic (exact) mass is 238 g/mol. The van der Waals surface area contributed by atoms with Crippen molar-refractivity contribution in [2.75, 3.05) is 24.7 Å². The molecule has 13 heavy (non-hydrogen) atoms. The van der Waals surface area contributed by atoms with Crippen molar-refractivity contribution in [3.63, 3.8) is 0 Å². The fourth-order valence-electron chi connectivity index (χ4n) is 0.580. The van der Waals surface area contributed by atoms with Crippen LogP contribution < -0.4 is 0 Å². The zero-order chi connectivity index (χ0) is 9.52. The molecule has 1 aromatic rings. The van der Waals surface area contributed by atoms with Gasteiger partial charge in [-0.15, -0.1) is 10.2 Å². The fourth-order valence-corrected chi connectivity index (χ4v) is 3.22. The minimum Gasteiger partial charge on any atom is -0.396 e. The summed E-state index contributed by atoms with van der Waals surface area (Å²) in [5.41, 5.74) is 0. The summed E-state index contributed by atoms with van der Waals surface area (Å²) in [6, 6.07) is 0. The van der Waals surface area contributed by atoms with Gasteiger partial charge in [0.15, 0.2) is 8.68 Å². The molecule has 0 aliphatic heterocycles. The number of aromatic nitrogens is 2. The summed E-state index contributed by atoms with van der Waals surface area (Å²) < 4.78 is 1.74. The molecule has 0 spiro atoms. The van der Waals surface area contributed by atoms with Gasteiger partial charge >= 0.3 is 0 Å². The highest BCUT2D eigenvalue weighted by Gasteiger charge is 2.03. The number of hydrogen-bond donors (Lipinski definition) is 2. The van der Waals surface area contributed by atoms with Crippen LogP contribution in [0.4, 0.5) is 0 Å². The lowest BCUT2D eigenvalue weighted by Gasteiger charge is -1.89. The summed E-state index contributed by atoms with van der Waals surface area (Å²) in [6.45, 7) is 0.312. The predicted molar refractivity (Wildman–Crippen MR) is 55.5 cm³/mol. The molecule has 74 valence electrons. The predicted octanol–water partition coefficient (Wildman–Crippen LogP) is 0.707. The first kappa shape index (κ1) is 11.3. The Kier molecular flexibility index (Phi) is 5.72. The smallest absolute Gasteiger partial charge is 0.175 e. The van der Waals surface area contributed by atoms with E-state index in [-0.39, 0.29) is 13.2 Å². The maximum atomic E-state index is 8.57. The molecule has 0 amide bonds. The standard InChI is InChI=1S/C6H10N2O2S3/c9-1-3-11-5-7-8-6(13-5)12-4-2-10/h9-10H,1-4H2. The van der Waals surface area contributed by atoms with E-state index < -0.39 is 0 Å². The third kappa shape index (κ3) is 4.28. The van der Waals surface area contributed by atoms with Crippen molar-refractivity contribution >= 4 is 34.9 Å². The SMILES string of the molecule is OCCSc1nnc(SCCO)s1. The van der Waals surface area contributed by atoms with E-state index >= 15 is 0 Å². The van der Waals surface area contributed by atoms with Crippen LogP contribution in [0.25, 0.3) is 0 Å². The third-order valence-electron chi connectivity index (χ3n) is 1.02. The third-order valence-corrected chi connectivity index (χ3v) is 4.17. The van der Waals surface area contributed by atoms with Gasteiger partial charge in [-0.1, -0.05) is 34.9 Å². The van der Waals surface area contributed by atoms with E-state index in [0.717, 1.165) is 8.68 Å². The first-order chi connectivity index (χ1) is 6.36. The van der Waals surface area contributed by atoms with Gasteiger partial charge in [-0.2, -0.15) is 0 Å². The lowest BCUT2D eigenvalue weighted by atomic mass is 10.9. The molecule has 0 saturated heterocycles. The average molecular weight is 238 g/mol. The normalized spacial score (nSPS) is 10.6. The van der Waals surface area contributed by atoms with E-state index in [1.54, 1.807) is 0 Å². The molecule has 4 nitrogen and oxygen atoms in total. The van der Waals surface area contributed by atoms with Crippen LogP contribution in [0.15, 0.2) is 8.68 Å². The second kappa shape index (κ2) is 6.61. The number of rotatable bonds is 6. The molecule has 1 aromatic heterocycles. The lowest BCUT2D eigenvalue weighted by molar-refractivity contribution is 0.322. The minimum absolute atomic E-state index is 0.156. The minimum atomic E-state index is 0.156. The van der Waals surface area contributed by atoms with E-state index in [2.05, 4.69) is 10.2 Å². The van der Waals surface area contributed by atoms with Crippen LogP contribution >= 0.6 is 34.9 Å². The molecule has 2 N–H and O–H groups in total. The Morgan fingerprint density at radius 1 is 1.00 bits per heavy atom. The van der Waals surface area contributed by atoms with E-state index in [1.165, 1.54) is 34.9 Å². The van der Waals surface area contributed by atoms with Crippen LogP contribution in [-0.2, 0) is 0 Å². The Morgan fingerprint density at radius 2 is 1.46 bits per heavy atom. The zero-order valence-electron chi connectivity index (χ0n) is 6.84. The topological polar surface area (TPSA) is 66.2 Å². The summed E-state index contributed by atoms with van der Waals surface area (Å²) in [6.07, 6.45) is 0. The summed E-state index contributed by atoms with van der Waals surface area (Å²) in [5.74, 6) is 1.30. The van der Waals surface area contributed by atoms with E-state index in [4.69, 9.17) is 10.2 Å². The second-order valence-electron chi connectivity index (χ2n) is 1.98. The molecule has 1 rings (SSSR count). The molecule has 7 heteroatoms. The molecule has 0 aromatic carbocycles. The molecule has 0 bridgehead atoms. The highest BCUT2D eigenvalue weighted by Crippen LogP contribution is 2.28. The van der Waals surface area contributed by atoms with Gasteiger partial charge in [0.05, 0.1) is 13.2 Å². The molecule has 0 unspecified atom stereocenters. The van der Waals surface area contributed by atoms with Gasteiger partial charge in [0.25, 0.3) is 0 Å². The zero-order valence-corrected chi connectivity index (χ0v) is 9.29. The van der Waals surface area contributed by atoms with Gasteiger partial charge in [-0.25, -0.2) is 0 Å². The van der Waals surface area contributed by atoms with Crippen molar-refractivity contribution in [3.05, 3.63) is 0 Å². The first-order valence-corrected chi connectivity index (χ1v) is 6.46. The first-order valence-electron chi connectivity index (χ1n) is 3.67. The molecule has 1 heterocycles. The fraction of sp³-hybridized carbons (Fsp3) is 0.667. The van der Waals surface area contributed by atoms with Crippen LogP contribution in [0.3, 0.4) is 0 Å². The van der Waals surface area contributed by atoms with E-state index in [9.17, 15) is 0 Å². The van der Waals surface area contributed by atoms with Crippen LogP contribution in [-0.4, -0.2) is 45.1 Å². The molecule has 0 radical (unpaired) electrons.